The zero-order valence-electron chi connectivity index (χ0n) is 10.1. The minimum absolute atomic E-state index is 0.260. The molecule has 0 aliphatic carbocycles. The molecule has 0 aromatic carbocycles. The van der Waals surface area contributed by atoms with Crippen LogP contribution in [0.15, 0.2) is 18.5 Å². The summed E-state index contributed by atoms with van der Waals surface area (Å²) in [6.45, 7) is 0.507. The molecule has 0 bridgehead atoms. The number of aliphatic carboxylic acids is 1. The Kier molecular flexibility index (Phi) is 3.45. The van der Waals surface area contributed by atoms with E-state index >= 15 is 0 Å². The fraction of sp³-hybridized carbons (Fsp3) is 0.417. The van der Waals surface area contributed by atoms with Crippen molar-refractivity contribution in [1.29, 1.82) is 0 Å². The Balaban J connectivity index is 2.03. The van der Waals surface area contributed by atoms with Crippen molar-refractivity contribution in [3.05, 3.63) is 24.0 Å². The molecule has 1 aliphatic rings. The minimum Gasteiger partial charge on any atom is -0.480 e. The third kappa shape index (κ3) is 2.58. The highest BCUT2D eigenvalue weighted by atomic mass is 16.4. The van der Waals surface area contributed by atoms with Gasteiger partial charge in [-0.05, 0) is 18.9 Å². The average Bonchev–Trinajstić information content (AvgIpc) is 2.94. The van der Waals surface area contributed by atoms with Crippen LogP contribution in [0.4, 0.5) is 0 Å². The molecule has 1 N–H and O–H groups in total. The number of nitrogens with zero attached hydrogens (tertiary/aromatic N) is 3. The van der Waals surface area contributed by atoms with Gasteiger partial charge in [0.25, 0.3) is 0 Å². The quantitative estimate of drug-likeness (QED) is 0.792. The Morgan fingerprint density at radius 1 is 1.56 bits per heavy atom. The number of carbonyl (C=O) groups excluding carboxylic acids is 1. The number of carbonyl (C=O) groups is 2. The molecule has 1 aliphatic heterocycles. The van der Waals surface area contributed by atoms with E-state index in [9.17, 15) is 9.59 Å². The number of aromatic nitrogens is 2. The summed E-state index contributed by atoms with van der Waals surface area (Å²) in [6, 6.07) is -0.684. The summed E-state index contributed by atoms with van der Waals surface area (Å²) in [5.74, 6) is -1.20. The summed E-state index contributed by atoms with van der Waals surface area (Å²) >= 11 is 0. The van der Waals surface area contributed by atoms with E-state index in [0.717, 1.165) is 12.0 Å². The number of hydrogen-bond acceptors (Lipinski definition) is 3. The van der Waals surface area contributed by atoms with Crippen LogP contribution in [-0.4, -0.2) is 44.3 Å². The van der Waals surface area contributed by atoms with Gasteiger partial charge in [-0.1, -0.05) is 0 Å². The summed E-state index contributed by atoms with van der Waals surface area (Å²) in [4.78, 5) is 24.2. The standard InChI is InChI=1S/C12H15N3O3/c1-14-8-9(7-13-14)4-5-11(16)15-6-2-3-10(15)12(17)18/h4-5,7-8,10H,2-3,6H2,1H3,(H,17,18)/b5-4+. The molecule has 18 heavy (non-hydrogen) atoms. The van der Waals surface area contributed by atoms with Gasteiger partial charge >= 0.3 is 5.97 Å². The highest BCUT2D eigenvalue weighted by Crippen LogP contribution is 2.18. The maximum absolute atomic E-state index is 11.9. The van der Waals surface area contributed by atoms with Gasteiger partial charge < -0.3 is 10.0 Å². The van der Waals surface area contributed by atoms with Crippen molar-refractivity contribution >= 4 is 18.0 Å². The van der Waals surface area contributed by atoms with E-state index in [2.05, 4.69) is 5.10 Å². The Morgan fingerprint density at radius 3 is 2.94 bits per heavy atom. The first kappa shape index (κ1) is 12.3. The molecule has 0 radical (unpaired) electrons. The maximum atomic E-state index is 11.9. The van der Waals surface area contributed by atoms with Crippen molar-refractivity contribution in [2.75, 3.05) is 6.54 Å². The van der Waals surface area contributed by atoms with Gasteiger partial charge in [-0.15, -0.1) is 0 Å². The second-order valence-electron chi connectivity index (χ2n) is 4.31. The van der Waals surface area contributed by atoms with Crippen LogP contribution in [0.2, 0.25) is 0 Å². The van der Waals surface area contributed by atoms with Crippen LogP contribution in [0.3, 0.4) is 0 Å². The largest absolute Gasteiger partial charge is 0.480 e. The summed E-state index contributed by atoms with van der Waals surface area (Å²) in [5.41, 5.74) is 0.817. The molecular weight excluding hydrogens is 234 g/mol. The zero-order chi connectivity index (χ0) is 13.1. The number of amides is 1. The molecule has 1 amide bonds. The van der Waals surface area contributed by atoms with Gasteiger partial charge in [0, 0.05) is 31.4 Å². The fourth-order valence-electron chi connectivity index (χ4n) is 2.08. The summed E-state index contributed by atoms with van der Waals surface area (Å²) in [6.07, 6.45) is 7.74. The maximum Gasteiger partial charge on any atom is 0.326 e. The molecule has 1 atom stereocenters. The average molecular weight is 249 g/mol. The third-order valence-electron chi connectivity index (χ3n) is 2.96. The van der Waals surface area contributed by atoms with Gasteiger partial charge in [0.05, 0.1) is 6.20 Å². The van der Waals surface area contributed by atoms with Crippen LogP contribution >= 0.6 is 0 Å². The summed E-state index contributed by atoms with van der Waals surface area (Å²) in [7, 11) is 1.79. The molecule has 6 nitrogen and oxygen atoms in total. The van der Waals surface area contributed by atoms with Gasteiger partial charge in [0.15, 0.2) is 0 Å². The van der Waals surface area contributed by atoms with Crippen molar-refractivity contribution in [3.8, 4) is 0 Å². The summed E-state index contributed by atoms with van der Waals surface area (Å²) < 4.78 is 1.64. The second kappa shape index (κ2) is 5.03. The molecule has 1 unspecified atom stereocenters. The lowest BCUT2D eigenvalue weighted by atomic mass is 10.2. The highest BCUT2D eigenvalue weighted by Gasteiger charge is 2.32. The smallest absolute Gasteiger partial charge is 0.326 e. The van der Waals surface area contributed by atoms with E-state index in [-0.39, 0.29) is 5.91 Å². The van der Waals surface area contributed by atoms with Crippen molar-refractivity contribution < 1.29 is 14.7 Å². The van der Waals surface area contributed by atoms with Crippen molar-refractivity contribution in [2.24, 2.45) is 7.05 Å². The Hall–Kier alpha value is -2.11. The van der Waals surface area contributed by atoms with E-state index in [1.807, 2.05) is 0 Å². The Bertz CT molecular complexity index is 493. The molecule has 1 saturated heterocycles. The van der Waals surface area contributed by atoms with Crippen LogP contribution in [0, 0.1) is 0 Å². The molecule has 1 aromatic rings. The fourth-order valence-corrected chi connectivity index (χ4v) is 2.08. The van der Waals surface area contributed by atoms with Gasteiger partial charge in [0.2, 0.25) is 5.91 Å². The van der Waals surface area contributed by atoms with Gasteiger partial charge in [-0.2, -0.15) is 5.10 Å². The molecule has 2 heterocycles. The lowest BCUT2D eigenvalue weighted by Gasteiger charge is -2.19. The molecule has 0 spiro atoms. The van der Waals surface area contributed by atoms with Gasteiger partial charge in [-0.25, -0.2) is 4.79 Å². The minimum atomic E-state index is -0.935. The predicted octanol–water partition coefficient (Wildman–Crippen LogP) is 0.509. The molecule has 1 aromatic heterocycles. The Labute approximate surface area is 105 Å². The normalized spacial score (nSPS) is 19.6. The van der Waals surface area contributed by atoms with Gasteiger partial charge in [-0.3, -0.25) is 9.48 Å². The molecule has 0 saturated carbocycles. The van der Waals surface area contributed by atoms with Crippen LogP contribution < -0.4 is 0 Å². The highest BCUT2D eigenvalue weighted by molar-refractivity contribution is 5.94. The molecule has 96 valence electrons. The van der Waals surface area contributed by atoms with E-state index in [1.54, 1.807) is 30.2 Å². The molecule has 1 fully saturated rings. The topological polar surface area (TPSA) is 75.4 Å². The van der Waals surface area contributed by atoms with E-state index in [0.29, 0.717) is 13.0 Å². The van der Waals surface area contributed by atoms with Crippen LogP contribution in [0.1, 0.15) is 18.4 Å². The molecule has 6 heteroatoms. The number of likely N-dealkylation sites (tertiary alicyclic amines) is 1. The zero-order valence-corrected chi connectivity index (χ0v) is 10.1. The van der Waals surface area contributed by atoms with Crippen LogP contribution in [0.25, 0.3) is 6.08 Å². The molecular formula is C12H15N3O3. The first-order chi connectivity index (χ1) is 8.58. The van der Waals surface area contributed by atoms with Crippen LogP contribution in [-0.2, 0) is 16.6 Å². The SMILES string of the molecule is Cn1cc(/C=C/C(=O)N2CCCC2C(=O)O)cn1. The third-order valence-corrected chi connectivity index (χ3v) is 2.96. The first-order valence-corrected chi connectivity index (χ1v) is 5.78. The second-order valence-corrected chi connectivity index (χ2v) is 4.31. The monoisotopic (exact) mass is 249 g/mol. The Morgan fingerprint density at radius 2 is 2.33 bits per heavy atom. The van der Waals surface area contributed by atoms with E-state index < -0.39 is 12.0 Å². The van der Waals surface area contributed by atoms with Crippen LogP contribution in [0.5, 0.6) is 0 Å². The van der Waals surface area contributed by atoms with Crippen molar-refractivity contribution in [1.82, 2.24) is 14.7 Å². The molecule has 2 rings (SSSR count). The lowest BCUT2D eigenvalue weighted by Crippen LogP contribution is -2.39. The number of rotatable bonds is 3. The lowest BCUT2D eigenvalue weighted by molar-refractivity contribution is -0.146. The van der Waals surface area contributed by atoms with Crippen molar-refractivity contribution in [2.45, 2.75) is 18.9 Å². The van der Waals surface area contributed by atoms with E-state index in [1.165, 1.54) is 11.0 Å². The number of carboxylic acid groups (broad SMARTS) is 1. The van der Waals surface area contributed by atoms with E-state index in [4.69, 9.17) is 5.11 Å². The van der Waals surface area contributed by atoms with Gasteiger partial charge in [0.1, 0.15) is 6.04 Å². The number of hydrogen-bond donors (Lipinski definition) is 1. The first-order valence-electron chi connectivity index (χ1n) is 5.78. The number of aryl methyl sites for hydroxylation is 1. The van der Waals surface area contributed by atoms with Crippen molar-refractivity contribution in [3.63, 3.8) is 0 Å². The number of carboxylic acids is 1. The summed E-state index contributed by atoms with van der Waals surface area (Å²) in [5, 5.41) is 13.0. The predicted molar refractivity (Wildman–Crippen MR) is 64.6 cm³/mol.